The highest BCUT2D eigenvalue weighted by Crippen LogP contribution is 2.28. The van der Waals surface area contributed by atoms with Crippen molar-refractivity contribution in [2.24, 2.45) is 11.7 Å². The third-order valence-corrected chi connectivity index (χ3v) is 4.76. The second-order valence-electron chi connectivity index (χ2n) is 5.22. The Morgan fingerprint density at radius 2 is 2.14 bits per heavy atom. The van der Waals surface area contributed by atoms with Gasteiger partial charge in [-0.3, -0.25) is 9.59 Å². The van der Waals surface area contributed by atoms with Crippen LogP contribution in [0.2, 0.25) is 0 Å². The standard InChI is InChI=1S/C15H19FN2O2S/c1-10(21-13-7-3-2-6-12(13)16)15(20)18-8-4-5-11(9-18)14(17)19/h2-3,6-7,10-11H,4-5,8-9H2,1H3,(H2,17,19). The van der Waals surface area contributed by atoms with Crippen LogP contribution in [-0.2, 0) is 9.59 Å². The van der Waals surface area contributed by atoms with Gasteiger partial charge < -0.3 is 10.6 Å². The van der Waals surface area contributed by atoms with E-state index in [0.717, 1.165) is 12.8 Å². The van der Waals surface area contributed by atoms with Gasteiger partial charge >= 0.3 is 0 Å². The molecule has 21 heavy (non-hydrogen) atoms. The molecule has 1 heterocycles. The summed E-state index contributed by atoms with van der Waals surface area (Å²) in [6, 6.07) is 6.40. The molecule has 2 atom stereocenters. The Hall–Kier alpha value is -1.56. The van der Waals surface area contributed by atoms with E-state index >= 15 is 0 Å². The van der Waals surface area contributed by atoms with Gasteiger partial charge in [0.1, 0.15) is 5.82 Å². The molecule has 1 aromatic rings. The number of carbonyl (C=O) groups excluding carboxylic acids is 2. The summed E-state index contributed by atoms with van der Waals surface area (Å²) in [5.41, 5.74) is 5.32. The van der Waals surface area contributed by atoms with Crippen LogP contribution in [-0.4, -0.2) is 35.1 Å². The van der Waals surface area contributed by atoms with E-state index < -0.39 is 5.25 Å². The van der Waals surface area contributed by atoms with E-state index in [0.29, 0.717) is 18.0 Å². The van der Waals surface area contributed by atoms with Gasteiger partial charge in [0.25, 0.3) is 0 Å². The first-order chi connectivity index (χ1) is 9.99. The fourth-order valence-electron chi connectivity index (χ4n) is 2.45. The average Bonchev–Trinajstić information content (AvgIpc) is 2.49. The molecule has 2 N–H and O–H groups in total. The van der Waals surface area contributed by atoms with Gasteiger partial charge in [-0.25, -0.2) is 4.39 Å². The molecule has 2 unspecified atom stereocenters. The van der Waals surface area contributed by atoms with E-state index in [1.807, 2.05) is 0 Å². The number of thioether (sulfide) groups is 1. The number of likely N-dealkylation sites (tertiary alicyclic amines) is 1. The van der Waals surface area contributed by atoms with Crippen molar-refractivity contribution in [2.45, 2.75) is 29.9 Å². The van der Waals surface area contributed by atoms with Crippen LogP contribution in [0.15, 0.2) is 29.2 Å². The SMILES string of the molecule is CC(Sc1ccccc1F)C(=O)N1CCCC(C(N)=O)C1. The van der Waals surface area contributed by atoms with Crippen molar-refractivity contribution in [1.29, 1.82) is 0 Å². The molecule has 0 aromatic heterocycles. The minimum atomic E-state index is -0.395. The Morgan fingerprint density at radius 1 is 1.43 bits per heavy atom. The van der Waals surface area contributed by atoms with Crippen molar-refractivity contribution in [2.75, 3.05) is 13.1 Å². The average molecular weight is 310 g/mol. The number of nitrogens with zero attached hydrogens (tertiary/aromatic N) is 1. The van der Waals surface area contributed by atoms with Crippen molar-refractivity contribution < 1.29 is 14.0 Å². The molecular formula is C15H19FN2O2S. The monoisotopic (exact) mass is 310 g/mol. The first-order valence-electron chi connectivity index (χ1n) is 6.98. The van der Waals surface area contributed by atoms with Crippen LogP contribution in [0.5, 0.6) is 0 Å². The molecule has 1 saturated heterocycles. The summed E-state index contributed by atoms with van der Waals surface area (Å²) in [7, 11) is 0. The molecule has 4 nitrogen and oxygen atoms in total. The van der Waals surface area contributed by atoms with Gasteiger partial charge in [0.05, 0.1) is 11.2 Å². The van der Waals surface area contributed by atoms with Crippen LogP contribution >= 0.6 is 11.8 Å². The minimum Gasteiger partial charge on any atom is -0.369 e. The number of hydrogen-bond donors (Lipinski definition) is 1. The predicted octanol–water partition coefficient (Wildman–Crippen LogP) is 2.03. The van der Waals surface area contributed by atoms with E-state index in [2.05, 4.69) is 0 Å². The summed E-state index contributed by atoms with van der Waals surface area (Å²) in [6.45, 7) is 2.76. The number of halogens is 1. The zero-order chi connectivity index (χ0) is 15.4. The van der Waals surface area contributed by atoms with Crippen molar-refractivity contribution >= 4 is 23.6 Å². The predicted molar refractivity (Wildman–Crippen MR) is 80.2 cm³/mol. The molecule has 0 aliphatic carbocycles. The van der Waals surface area contributed by atoms with Crippen molar-refractivity contribution in [3.8, 4) is 0 Å². The number of benzene rings is 1. The topological polar surface area (TPSA) is 63.4 Å². The van der Waals surface area contributed by atoms with Gasteiger partial charge in [0.2, 0.25) is 11.8 Å². The van der Waals surface area contributed by atoms with Gasteiger partial charge in [0, 0.05) is 18.0 Å². The lowest BCUT2D eigenvalue weighted by atomic mass is 9.97. The van der Waals surface area contributed by atoms with Crippen molar-refractivity contribution in [3.05, 3.63) is 30.1 Å². The number of primary amides is 1. The summed E-state index contributed by atoms with van der Waals surface area (Å²) < 4.78 is 13.6. The van der Waals surface area contributed by atoms with Crippen LogP contribution in [0.4, 0.5) is 4.39 Å². The summed E-state index contributed by atoms with van der Waals surface area (Å²) >= 11 is 1.20. The Kier molecular flexibility index (Phi) is 5.22. The highest BCUT2D eigenvalue weighted by atomic mass is 32.2. The van der Waals surface area contributed by atoms with Gasteiger partial charge in [-0.1, -0.05) is 12.1 Å². The molecule has 2 rings (SSSR count). The lowest BCUT2D eigenvalue weighted by Crippen LogP contribution is -2.46. The number of hydrogen-bond acceptors (Lipinski definition) is 3. The van der Waals surface area contributed by atoms with Gasteiger partial charge in [0.15, 0.2) is 0 Å². The molecule has 1 aliphatic heterocycles. The molecule has 114 valence electrons. The third kappa shape index (κ3) is 3.97. The van der Waals surface area contributed by atoms with Crippen LogP contribution < -0.4 is 5.73 Å². The lowest BCUT2D eigenvalue weighted by molar-refractivity contribution is -0.134. The van der Waals surface area contributed by atoms with Crippen LogP contribution in [0.3, 0.4) is 0 Å². The number of rotatable bonds is 4. The Balaban J connectivity index is 1.99. The lowest BCUT2D eigenvalue weighted by Gasteiger charge is -2.32. The maximum Gasteiger partial charge on any atom is 0.235 e. The minimum absolute atomic E-state index is 0.0748. The maximum atomic E-state index is 13.6. The summed E-state index contributed by atoms with van der Waals surface area (Å²) in [6.07, 6.45) is 1.50. The largest absolute Gasteiger partial charge is 0.369 e. The van der Waals surface area contributed by atoms with Crippen LogP contribution in [0, 0.1) is 11.7 Å². The van der Waals surface area contributed by atoms with E-state index in [1.165, 1.54) is 17.8 Å². The van der Waals surface area contributed by atoms with Crippen molar-refractivity contribution in [3.63, 3.8) is 0 Å². The zero-order valence-electron chi connectivity index (χ0n) is 11.9. The second kappa shape index (κ2) is 6.93. The van der Waals surface area contributed by atoms with Gasteiger partial charge in [-0.05, 0) is 31.9 Å². The first kappa shape index (κ1) is 15.8. The first-order valence-corrected chi connectivity index (χ1v) is 7.86. The number of carbonyl (C=O) groups is 2. The molecule has 0 bridgehead atoms. The fraction of sp³-hybridized carbons (Fsp3) is 0.467. The molecule has 1 aliphatic rings. The highest BCUT2D eigenvalue weighted by Gasteiger charge is 2.29. The third-order valence-electron chi connectivity index (χ3n) is 3.62. The molecular weight excluding hydrogens is 291 g/mol. The Labute approximate surface area is 127 Å². The fourth-order valence-corrected chi connectivity index (χ4v) is 3.42. The summed E-state index contributed by atoms with van der Waals surface area (Å²) in [5, 5.41) is -0.395. The zero-order valence-corrected chi connectivity index (χ0v) is 12.7. The molecule has 0 saturated carbocycles. The van der Waals surface area contributed by atoms with Crippen molar-refractivity contribution in [1.82, 2.24) is 4.90 Å². The smallest absolute Gasteiger partial charge is 0.235 e. The Bertz CT molecular complexity index is 538. The van der Waals surface area contributed by atoms with Gasteiger partial charge in [-0.15, -0.1) is 11.8 Å². The normalized spacial score (nSPS) is 20.1. The molecule has 1 aromatic carbocycles. The van der Waals surface area contributed by atoms with E-state index in [9.17, 15) is 14.0 Å². The number of piperidine rings is 1. The number of nitrogens with two attached hydrogens (primary N) is 1. The molecule has 1 fully saturated rings. The second-order valence-corrected chi connectivity index (χ2v) is 6.60. The maximum absolute atomic E-state index is 13.6. The highest BCUT2D eigenvalue weighted by molar-refractivity contribution is 8.00. The summed E-state index contributed by atoms with van der Waals surface area (Å²) in [4.78, 5) is 25.8. The molecule has 2 amide bonds. The van der Waals surface area contributed by atoms with E-state index in [1.54, 1.807) is 30.0 Å². The van der Waals surface area contributed by atoms with E-state index in [-0.39, 0.29) is 23.5 Å². The molecule has 0 spiro atoms. The van der Waals surface area contributed by atoms with Crippen LogP contribution in [0.25, 0.3) is 0 Å². The van der Waals surface area contributed by atoms with E-state index in [4.69, 9.17) is 5.73 Å². The number of amides is 2. The summed E-state index contributed by atoms with van der Waals surface area (Å²) in [5.74, 6) is -1.03. The molecule has 0 radical (unpaired) electrons. The quantitative estimate of drug-likeness (QED) is 0.866. The van der Waals surface area contributed by atoms with Gasteiger partial charge in [-0.2, -0.15) is 0 Å². The molecule has 6 heteroatoms. The van der Waals surface area contributed by atoms with Crippen LogP contribution in [0.1, 0.15) is 19.8 Å². The Morgan fingerprint density at radius 3 is 2.81 bits per heavy atom.